The van der Waals surface area contributed by atoms with Gasteiger partial charge in [-0.2, -0.15) is 9.97 Å². The lowest BCUT2D eigenvalue weighted by Gasteiger charge is -2.16. The van der Waals surface area contributed by atoms with Crippen molar-refractivity contribution in [1.82, 2.24) is 24.1 Å². The van der Waals surface area contributed by atoms with Crippen LogP contribution in [-0.2, 0) is 0 Å². The number of aromatic nitrogens is 5. The van der Waals surface area contributed by atoms with Gasteiger partial charge >= 0.3 is 0 Å². The summed E-state index contributed by atoms with van der Waals surface area (Å²) in [7, 11) is 0. The SMILES string of the molecule is [2H]c1c([2H])c([2H])c2c(c1[2H])c1c([2H])c([2H])c([2H])c([2H])c1c1c(-n3c4ccccc4c4c5c6ccccc6n(-c6nc(-c7ccccc7)nc(-c7ccccc7)n6)c5ccc43)c([2H])c([2H])c([2H])c21. The summed E-state index contributed by atoms with van der Waals surface area (Å²) in [5, 5.41) is 2.37. The molecule has 56 heavy (non-hydrogen) atoms. The second kappa shape index (κ2) is 11.9. The van der Waals surface area contributed by atoms with E-state index in [1.165, 1.54) is 0 Å². The minimum absolute atomic E-state index is 0.0113. The molecule has 12 aromatic rings. The Morgan fingerprint density at radius 3 is 1.36 bits per heavy atom. The van der Waals surface area contributed by atoms with E-state index >= 15 is 0 Å². The Labute approximate surface area is 336 Å². The fourth-order valence-electron chi connectivity index (χ4n) is 8.24. The first-order chi connectivity index (χ1) is 32.4. The van der Waals surface area contributed by atoms with E-state index in [0.29, 0.717) is 28.6 Å². The van der Waals surface area contributed by atoms with Crippen LogP contribution in [0.1, 0.15) is 15.1 Å². The molecule has 0 aliphatic carbocycles. The summed E-state index contributed by atoms with van der Waals surface area (Å²) >= 11 is 0. The first-order valence-electron chi connectivity index (χ1n) is 23.6. The van der Waals surface area contributed by atoms with E-state index in [1.54, 1.807) is 4.57 Å². The molecule has 0 N–H and O–H groups in total. The Bertz CT molecular complexity index is 4060. The normalized spacial score (nSPS) is 14.7. The molecule has 3 heterocycles. The molecule has 0 spiro atoms. The topological polar surface area (TPSA) is 48.5 Å². The Morgan fingerprint density at radius 2 is 0.786 bits per heavy atom. The molecule has 12 rings (SSSR count). The fraction of sp³-hybridized carbons (Fsp3) is 0. The minimum Gasteiger partial charge on any atom is -0.309 e. The second-order valence-electron chi connectivity index (χ2n) is 13.5. The van der Waals surface area contributed by atoms with Crippen LogP contribution in [0, 0.1) is 0 Å². The lowest BCUT2D eigenvalue weighted by Crippen LogP contribution is -2.06. The van der Waals surface area contributed by atoms with Crippen molar-refractivity contribution < 1.29 is 15.1 Å². The summed E-state index contributed by atoms with van der Waals surface area (Å²) in [5.74, 6) is 1.34. The van der Waals surface area contributed by atoms with Gasteiger partial charge in [0.15, 0.2) is 11.6 Å². The molecular weight excluding hydrogens is 683 g/mol. The third-order valence-corrected chi connectivity index (χ3v) is 10.6. The monoisotopic (exact) mass is 724 g/mol. The molecule has 9 aromatic carbocycles. The maximum atomic E-state index is 9.72. The molecule has 0 atom stereocenters. The average Bonchev–Trinajstić information content (AvgIpc) is 3.88. The van der Waals surface area contributed by atoms with Gasteiger partial charge in [0, 0.05) is 38.1 Å². The van der Waals surface area contributed by atoms with Gasteiger partial charge in [-0.3, -0.25) is 4.57 Å². The Balaban J connectivity index is 1.28. The molecular formula is C51H31N5. The molecule has 0 saturated carbocycles. The molecule has 0 unspecified atom stereocenters. The van der Waals surface area contributed by atoms with E-state index in [1.807, 2.05) is 126 Å². The van der Waals surface area contributed by atoms with Crippen LogP contribution in [0.25, 0.3) is 110 Å². The van der Waals surface area contributed by atoms with E-state index < -0.39 is 66.5 Å². The fourth-order valence-corrected chi connectivity index (χ4v) is 8.24. The first kappa shape index (κ1) is 21.9. The highest BCUT2D eigenvalue weighted by Gasteiger charge is 2.23. The van der Waals surface area contributed by atoms with Gasteiger partial charge in [0.2, 0.25) is 5.95 Å². The highest BCUT2D eigenvalue weighted by atomic mass is 15.2. The smallest absolute Gasteiger partial charge is 0.238 e. The van der Waals surface area contributed by atoms with Gasteiger partial charge in [-0.1, -0.05) is 157 Å². The highest BCUT2D eigenvalue weighted by molar-refractivity contribution is 6.31. The number of nitrogens with zero attached hydrogens (tertiary/aromatic N) is 5. The molecule has 0 aliphatic rings. The summed E-state index contributed by atoms with van der Waals surface area (Å²) in [6.07, 6.45) is 0. The van der Waals surface area contributed by atoms with Crippen molar-refractivity contribution in [2.45, 2.75) is 0 Å². The van der Waals surface area contributed by atoms with E-state index in [9.17, 15) is 8.22 Å². The van der Waals surface area contributed by atoms with Crippen LogP contribution in [0.5, 0.6) is 0 Å². The summed E-state index contributed by atoms with van der Waals surface area (Å²) < 4.78 is 104. The standard InChI is InChI=1S/C51H31N5/c1-3-16-32(17-4-1)49-52-50(33-18-5-2-6-19-33)54-51(53-49)56-42-28-14-12-25-40(42)48-45(56)31-30-44-47(48)39-24-11-13-27-41(39)55(44)43-29-15-26-38-36-21-8-7-20-34(36)35-22-9-10-23-37(35)46(38)43/h1-31H/i7D,8D,9D,10D,15D,20D,21D,22D,23D,26D,29D. The van der Waals surface area contributed by atoms with Crippen molar-refractivity contribution in [2.24, 2.45) is 0 Å². The van der Waals surface area contributed by atoms with Crippen LogP contribution >= 0.6 is 0 Å². The molecule has 0 saturated heterocycles. The number of hydrogen-bond donors (Lipinski definition) is 0. The van der Waals surface area contributed by atoms with Crippen molar-refractivity contribution in [3.8, 4) is 34.4 Å². The largest absolute Gasteiger partial charge is 0.309 e. The van der Waals surface area contributed by atoms with Crippen LogP contribution in [0.4, 0.5) is 0 Å². The van der Waals surface area contributed by atoms with E-state index in [2.05, 4.69) is 0 Å². The lowest BCUT2D eigenvalue weighted by molar-refractivity contribution is 0.953. The Hall–Kier alpha value is -7.63. The predicted octanol–water partition coefficient (Wildman–Crippen LogP) is 12.9. The summed E-state index contributed by atoms with van der Waals surface area (Å²) in [5.41, 5.74) is 4.33. The van der Waals surface area contributed by atoms with E-state index in [-0.39, 0.29) is 38.0 Å². The number of rotatable bonds is 4. The number of para-hydroxylation sites is 2. The van der Waals surface area contributed by atoms with Gasteiger partial charge in [-0.25, -0.2) is 4.98 Å². The molecule has 260 valence electrons. The zero-order valence-corrected chi connectivity index (χ0v) is 29.3. The molecule has 5 heteroatoms. The molecule has 3 aromatic heterocycles. The maximum absolute atomic E-state index is 9.72. The predicted molar refractivity (Wildman–Crippen MR) is 232 cm³/mol. The zero-order chi connectivity index (χ0) is 46.3. The van der Waals surface area contributed by atoms with Crippen molar-refractivity contribution in [3.63, 3.8) is 0 Å². The van der Waals surface area contributed by atoms with Crippen LogP contribution in [0.2, 0.25) is 0 Å². The average molecular weight is 725 g/mol. The third-order valence-electron chi connectivity index (χ3n) is 10.6. The lowest BCUT2D eigenvalue weighted by atomic mass is 9.93. The minimum atomic E-state index is -0.615. The number of hydrogen-bond acceptors (Lipinski definition) is 3. The Morgan fingerprint density at radius 1 is 0.339 bits per heavy atom. The molecule has 0 radical (unpaired) electrons. The van der Waals surface area contributed by atoms with Crippen LogP contribution in [-0.4, -0.2) is 24.1 Å². The third kappa shape index (κ3) is 4.39. The summed E-state index contributed by atoms with van der Waals surface area (Å²) in [4.78, 5) is 15.1. The summed E-state index contributed by atoms with van der Waals surface area (Å²) in [6, 6.07) is 32.6. The highest BCUT2D eigenvalue weighted by Crippen LogP contribution is 2.45. The molecule has 5 nitrogen and oxygen atoms in total. The molecule has 0 amide bonds. The molecule has 0 aliphatic heterocycles. The van der Waals surface area contributed by atoms with Crippen LogP contribution in [0.3, 0.4) is 0 Å². The van der Waals surface area contributed by atoms with Crippen molar-refractivity contribution in [2.75, 3.05) is 0 Å². The van der Waals surface area contributed by atoms with Crippen LogP contribution in [0.15, 0.2) is 188 Å². The number of fused-ring (bicyclic) bond motifs is 13. The summed E-state index contributed by atoms with van der Waals surface area (Å²) in [6.45, 7) is 0. The van der Waals surface area contributed by atoms with Gasteiger partial charge < -0.3 is 4.57 Å². The molecule has 0 bridgehead atoms. The van der Waals surface area contributed by atoms with E-state index in [0.717, 1.165) is 43.7 Å². The Kier molecular flexibility index (Phi) is 4.67. The molecule has 0 fully saturated rings. The second-order valence-corrected chi connectivity index (χ2v) is 13.5. The maximum Gasteiger partial charge on any atom is 0.238 e. The zero-order valence-electron chi connectivity index (χ0n) is 40.3. The van der Waals surface area contributed by atoms with Gasteiger partial charge in [-0.15, -0.1) is 0 Å². The number of benzene rings is 9. The van der Waals surface area contributed by atoms with Gasteiger partial charge in [0.1, 0.15) is 0 Å². The van der Waals surface area contributed by atoms with Gasteiger partial charge in [-0.05, 0) is 57.2 Å². The van der Waals surface area contributed by atoms with Crippen molar-refractivity contribution in [3.05, 3.63) is 188 Å². The quantitative estimate of drug-likeness (QED) is 0.170. The van der Waals surface area contributed by atoms with Gasteiger partial charge in [0.25, 0.3) is 0 Å². The van der Waals surface area contributed by atoms with E-state index in [4.69, 9.17) is 21.8 Å². The van der Waals surface area contributed by atoms with Crippen LogP contribution < -0.4 is 0 Å². The van der Waals surface area contributed by atoms with Crippen molar-refractivity contribution in [1.29, 1.82) is 0 Å². The first-order valence-corrected chi connectivity index (χ1v) is 18.1. The van der Waals surface area contributed by atoms with Gasteiger partial charge in [0.05, 0.1) is 42.8 Å². The van der Waals surface area contributed by atoms with Crippen molar-refractivity contribution >= 4 is 75.9 Å².